The Morgan fingerprint density at radius 3 is 2.67 bits per heavy atom. The molecule has 1 aliphatic heterocycles. The van der Waals surface area contributed by atoms with Gasteiger partial charge in [-0.25, -0.2) is 4.98 Å². The van der Waals surface area contributed by atoms with Crippen LogP contribution in [0.5, 0.6) is 0 Å². The molecule has 8 nitrogen and oxygen atoms in total. The van der Waals surface area contributed by atoms with E-state index in [4.69, 9.17) is 0 Å². The molecule has 1 fully saturated rings. The molecule has 1 saturated heterocycles. The molecule has 8 heteroatoms. The van der Waals surface area contributed by atoms with E-state index in [2.05, 4.69) is 37.7 Å². The number of carbonyl (C=O) groups is 2. The largest absolute Gasteiger partial charge is 0.368 e. The number of aromatic nitrogens is 1. The van der Waals surface area contributed by atoms with Gasteiger partial charge in [0.2, 0.25) is 11.8 Å². The third-order valence-electron chi connectivity index (χ3n) is 4.25. The molecule has 1 aromatic heterocycles. The first-order chi connectivity index (χ1) is 12.6. The summed E-state index contributed by atoms with van der Waals surface area (Å²) in [6.45, 7) is 11.0. The molecule has 0 saturated carbocycles. The number of nitro groups is 1. The van der Waals surface area contributed by atoms with E-state index in [9.17, 15) is 19.7 Å². The number of imide groups is 1. The van der Waals surface area contributed by atoms with Crippen molar-refractivity contribution >= 4 is 23.3 Å². The maximum atomic E-state index is 12.5. The van der Waals surface area contributed by atoms with E-state index >= 15 is 0 Å². The lowest BCUT2D eigenvalue weighted by atomic mass is 9.85. The summed E-state index contributed by atoms with van der Waals surface area (Å²) in [6, 6.07) is 2.84. The van der Waals surface area contributed by atoms with Gasteiger partial charge in [-0.2, -0.15) is 0 Å². The van der Waals surface area contributed by atoms with Gasteiger partial charge >= 0.3 is 0 Å². The van der Waals surface area contributed by atoms with E-state index in [0.717, 1.165) is 18.2 Å². The highest BCUT2D eigenvalue weighted by molar-refractivity contribution is 6.03. The summed E-state index contributed by atoms with van der Waals surface area (Å²) < 4.78 is 0. The minimum atomic E-state index is -0.522. The van der Waals surface area contributed by atoms with Gasteiger partial charge in [-0.05, 0) is 24.3 Å². The van der Waals surface area contributed by atoms with E-state index in [1.165, 1.54) is 17.0 Å². The number of hydrogen-bond donors (Lipinski definition) is 1. The zero-order chi connectivity index (χ0) is 20.2. The van der Waals surface area contributed by atoms with E-state index in [1.54, 1.807) is 0 Å². The number of allylic oxidation sites excluding steroid dienone is 1. The number of carbonyl (C=O) groups excluding carboxylic acids is 2. The van der Waals surface area contributed by atoms with Crippen molar-refractivity contribution in [3.63, 3.8) is 0 Å². The van der Waals surface area contributed by atoms with Crippen LogP contribution in [0.1, 0.15) is 40.0 Å². The lowest BCUT2D eigenvalue weighted by Gasteiger charge is -2.21. The monoisotopic (exact) mass is 374 g/mol. The van der Waals surface area contributed by atoms with Crippen LogP contribution in [-0.4, -0.2) is 39.7 Å². The Labute approximate surface area is 158 Å². The predicted octanol–water partition coefficient (Wildman–Crippen LogP) is 3.16. The Balaban J connectivity index is 1.84. The van der Waals surface area contributed by atoms with Crippen LogP contribution in [0, 0.1) is 21.4 Å². The molecule has 1 aromatic rings. The number of amides is 2. The fourth-order valence-electron chi connectivity index (χ4n) is 3.21. The molecule has 2 amide bonds. The predicted molar refractivity (Wildman–Crippen MR) is 102 cm³/mol. The molecular formula is C19H26N4O4. The highest BCUT2D eigenvalue weighted by atomic mass is 16.6. The van der Waals surface area contributed by atoms with Gasteiger partial charge < -0.3 is 5.32 Å². The second-order valence-electron chi connectivity index (χ2n) is 8.06. The Morgan fingerprint density at radius 1 is 1.41 bits per heavy atom. The zero-order valence-electron chi connectivity index (χ0n) is 16.0. The van der Waals surface area contributed by atoms with Crippen molar-refractivity contribution in [3.8, 4) is 0 Å². The molecule has 0 bridgehead atoms. The van der Waals surface area contributed by atoms with Crippen LogP contribution in [0.4, 0.5) is 11.5 Å². The molecule has 1 atom stereocenters. The molecule has 1 unspecified atom stereocenters. The normalized spacial score (nSPS) is 17.3. The van der Waals surface area contributed by atoms with Crippen molar-refractivity contribution in [2.45, 2.75) is 40.0 Å². The number of nitrogens with zero attached hydrogens (tertiary/aromatic N) is 3. The fraction of sp³-hybridized carbons (Fsp3) is 0.526. The van der Waals surface area contributed by atoms with Crippen molar-refractivity contribution in [3.05, 3.63) is 40.6 Å². The summed E-state index contributed by atoms with van der Waals surface area (Å²) >= 11 is 0. The van der Waals surface area contributed by atoms with Crippen LogP contribution in [0.15, 0.2) is 30.5 Å². The highest BCUT2D eigenvalue weighted by Crippen LogP contribution is 2.31. The number of nitrogens with one attached hydrogen (secondary N) is 1. The minimum Gasteiger partial charge on any atom is -0.368 e. The molecule has 0 radical (unpaired) electrons. The van der Waals surface area contributed by atoms with Crippen molar-refractivity contribution in [1.29, 1.82) is 0 Å². The van der Waals surface area contributed by atoms with Crippen LogP contribution >= 0.6 is 0 Å². The summed E-state index contributed by atoms with van der Waals surface area (Å²) in [5, 5.41) is 13.6. The molecule has 1 aliphatic rings. The maximum Gasteiger partial charge on any atom is 0.287 e. The van der Waals surface area contributed by atoms with E-state index in [0.29, 0.717) is 18.8 Å². The van der Waals surface area contributed by atoms with E-state index in [-0.39, 0.29) is 41.8 Å². The van der Waals surface area contributed by atoms with Gasteiger partial charge in [0.05, 0.1) is 10.8 Å². The summed E-state index contributed by atoms with van der Waals surface area (Å²) in [5.41, 5.74) is 0.997. The van der Waals surface area contributed by atoms with Gasteiger partial charge in [-0.3, -0.25) is 24.6 Å². The summed E-state index contributed by atoms with van der Waals surface area (Å²) in [6.07, 6.45) is 2.73. The Morgan fingerprint density at radius 2 is 2.11 bits per heavy atom. The smallest absolute Gasteiger partial charge is 0.287 e. The second kappa shape index (κ2) is 8.28. The quantitative estimate of drug-likeness (QED) is 0.324. The van der Waals surface area contributed by atoms with Gasteiger partial charge in [0.15, 0.2) is 0 Å². The second-order valence-corrected chi connectivity index (χ2v) is 8.06. The Bertz CT molecular complexity index is 737. The average Bonchev–Trinajstić information content (AvgIpc) is 2.80. The van der Waals surface area contributed by atoms with Crippen molar-refractivity contribution < 1.29 is 14.5 Å². The Kier molecular flexibility index (Phi) is 6.30. The molecule has 1 N–H and O–H groups in total. The molecular weight excluding hydrogens is 348 g/mol. The van der Waals surface area contributed by atoms with Crippen LogP contribution in [0.25, 0.3) is 0 Å². The first-order valence-electron chi connectivity index (χ1n) is 8.92. The van der Waals surface area contributed by atoms with Crippen LogP contribution in [-0.2, 0) is 9.59 Å². The molecule has 2 rings (SSSR count). The number of rotatable bonds is 8. The average molecular weight is 374 g/mol. The first-order valence-corrected chi connectivity index (χ1v) is 8.92. The number of likely N-dealkylation sites (tertiary alicyclic amines) is 1. The van der Waals surface area contributed by atoms with Crippen LogP contribution in [0.2, 0.25) is 0 Å². The summed E-state index contributed by atoms with van der Waals surface area (Å²) in [5.74, 6) is -0.208. The van der Waals surface area contributed by atoms with Crippen molar-refractivity contribution in [2.24, 2.45) is 11.3 Å². The lowest BCUT2D eigenvalue weighted by Crippen LogP contribution is -2.35. The van der Waals surface area contributed by atoms with Crippen LogP contribution in [0.3, 0.4) is 0 Å². The fourth-order valence-corrected chi connectivity index (χ4v) is 3.21. The van der Waals surface area contributed by atoms with Gasteiger partial charge in [0, 0.05) is 25.6 Å². The first kappa shape index (κ1) is 20.5. The molecule has 0 spiro atoms. The molecule has 2 heterocycles. The van der Waals surface area contributed by atoms with Gasteiger partial charge in [-0.1, -0.05) is 32.9 Å². The molecule has 0 aliphatic carbocycles. The highest BCUT2D eigenvalue weighted by Gasteiger charge is 2.38. The zero-order valence-corrected chi connectivity index (χ0v) is 16.0. The Hall–Kier alpha value is -2.77. The standard InChI is InChI=1S/C19H26N4O4/c1-13(11-19(2,3)4)9-14-10-17(24)22(18(14)25)8-7-20-16-6-5-15(12-21-16)23(26)27/h5-6,12,14H,1,7-11H2,2-4H3,(H,20,21). The number of anilines is 1. The molecule has 0 aromatic carbocycles. The minimum absolute atomic E-state index is 0.0937. The molecule has 27 heavy (non-hydrogen) atoms. The number of pyridine rings is 1. The third kappa shape index (κ3) is 5.87. The van der Waals surface area contributed by atoms with E-state index in [1.807, 2.05) is 0 Å². The van der Waals surface area contributed by atoms with Gasteiger partial charge in [0.1, 0.15) is 12.0 Å². The van der Waals surface area contributed by atoms with Crippen LogP contribution < -0.4 is 5.32 Å². The third-order valence-corrected chi connectivity index (χ3v) is 4.25. The SMILES string of the molecule is C=C(CC1CC(=O)N(CCNc2ccc([N+](=O)[O-])cn2)C1=O)CC(C)(C)C. The van der Waals surface area contributed by atoms with Crippen molar-refractivity contribution in [2.75, 3.05) is 18.4 Å². The van der Waals surface area contributed by atoms with E-state index < -0.39 is 4.92 Å². The topological polar surface area (TPSA) is 105 Å². The summed E-state index contributed by atoms with van der Waals surface area (Å²) in [4.78, 5) is 40.0. The lowest BCUT2D eigenvalue weighted by molar-refractivity contribution is -0.385. The summed E-state index contributed by atoms with van der Waals surface area (Å²) in [7, 11) is 0. The maximum absolute atomic E-state index is 12.5. The van der Waals surface area contributed by atoms with Crippen molar-refractivity contribution in [1.82, 2.24) is 9.88 Å². The number of hydrogen-bond acceptors (Lipinski definition) is 6. The van der Waals surface area contributed by atoms with Gasteiger partial charge in [-0.15, -0.1) is 0 Å². The van der Waals surface area contributed by atoms with Gasteiger partial charge in [0.25, 0.3) is 5.69 Å². The molecule has 146 valence electrons.